The zero-order valence-electron chi connectivity index (χ0n) is 21.4. The average Bonchev–Trinajstić information content (AvgIpc) is 3.48. The summed E-state index contributed by atoms with van der Waals surface area (Å²) >= 11 is 0. The molecule has 0 radical (unpaired) electrons. The van der Waals surface area contributed by atoms with Crippen LogP contribution in [0.2, 0.25) is 0 Å². The molecule has 5 N–H and O–H groups in total. The predicted octanol–water partition coefficient (Wildman–Crippen LogP) is 3.83. The van der Waals surface area contributed by atoms with Crippen molar-refractivity contribution in [2.75, 3.05) is 13.2 Å². The third-order valence-corrected chi connectivity index (χ3v) is 6.48. The Labute approximate surface area is 223 Å². The molecule has 2 atom stereocenters. The molecule has 1 heterocycles. The lowest BCUT2D eigenvalue weighted by molar-refractivity contribution is -0.122. The number of rotatable bonds is 10. The highest BCUT2D eigenvalue weighted by Crippen LogP contribution is 2.21. The van der Waals surface area contributed by atoms with Gasteiger partial charge in [0.25, 0.3) is 0 Å². The number of hydrogen-bond acceptors (Lipinski definition) is 4. The largest absolute Gasteiger partial charge is 0.376 e. The second-order valence-corrected chi connectivity index (χ2v) is 9.39. The number of hydrogen-bond donors (Lipinski definition) is 5. The minimum atomic E-state index is -0.432. The fourth-order valence-electron chi connectivity index (χ4n) is 4.46. The highest BCUT2D eigenvalue weighted by molar-refractivity contribution is 5.94. The van der Waals surface area contributed by atoms with Crippen molar-refractivity contribution < 1.29 is 14.3 Å². The molecule has 1 aliphatic heterocycles. The van der Waals surface area contributed by atoms with Crippen LogP contribution in [0.3, 0.4) is 0 Å². The van der Waals surface area contributed by atoms with Gasteiger partial charge in [-0.15, -0.1) is 0 Å². The van der Waals surface area contributed by atoms with E-state index in [2.05, 4.69) is 21.3 Å². The molecule has 1 aliphatic rings. The number of guanidine groups is 1. The van der Waals surface area contributed by atoms with Gasteiger partial charge < -0.3 is 20.7 Å². The molecule has 198 valence electrons. The van der Waals surface area contributed by atoms with Gasteiger partial charge in [0.05, 0.1) is 12.0 Å². The van der Waals surface area contributed by atoms with Crippen LogP contribution in [0.25, 0.3) is 0 Å². The van der Waals surface area contributed by atoms with Crippen LogP contribution in [0.1, 0.15) is 41.0 Å². The van der Waals surface area contributed by atoms with E-state index in [4.69, 9.17) is 10.1 Å². The van der Waals surface area contributed by atoms with E-state index in [9.17, 15) is 9.59 Å². The van der Waals surface area contributed by atoms with E-state index in [1.165, 1.54) is 0 Å². The van der Waals surface area contributed by atoms with Crippen molar-refractivity contribution in [3.05, 3.63) is 107 Å². The first-order valence-corrected chi connectivity index (χ1v) is 13.0. The molecule has 0 bridgehead atoms. The van der Waals surface area contributed by atoms with E-state index in [0.717, 1.165) is 41.7 Å². The number of urea groups is 1. The second kappa shape index (κ2) is 13.9. The van der Waals surface area contributed by atoms with Crippen molar-refractivity contribution >= 4 is 17.9 Å². The highest BCUT2D eigenvalue weighted by atomic mass is 16.5. The Bertz CT molecular complexity index is 1200. The Kier molecular flexibility index (Phi) is 9.87. The van der Waals surface area contributed by atoms with Crippen LogP contribution in [-0.2, 0) is 29.0 Å². The van der Waals surface area contributed by atoms with Crippen molar-refractivity contribution in [2.24, 2.45) is 0 Å². The predicted molar refractivity (Wildman–Crippen MR) is 148 cm³/mol. The lowest BCUT2D eigenvalue weighted by Gasteiger charge is -2.18. The molecule has 0 aromatic heterocycles. The molecule has 8 nitrogen and oxygen atoms in total. The summed E-state index contributed by atoms with van der Waals surface area (Å²) in [4.78, 5) is 25.3. The highest BCUT2D eigenvalue weighted by Gasteiger charge is 2.21. The average molecular weight is 514 g/mol. The number of benzene rings is 3. The van der Waals surface area contributed by atoms with Crippen LogP contribution in [0, 0.1) is 5.41 Å². The van der Waals surface area contributed by atoms with Crippen molar-refractivity contribution in [3.8, 4) is 0 Å². The minimum Gasteiger partial charge on any atom is -0.376 e. The first-order valence-electron chi connectivity index (χ1n) is 13.0. The zero-order valence-corrected chi connectivity index (χ0v) is 21.4. The molecule has 0 spiro atoms. The maximum atomic E-state index is 13.3. The van der Waals surface area contributed by atoms with Gasteiger partial charge in [-0.3, -0.25) is 15.5 Å². The number of carbonyl (C=O) groups is 2. The van der Waals surface area contributed by atoms with Gasteiger partial charge in [-0.25, -0.2) is 4.79 Å². The van der Waals surface area contributed by atoms with Crippen LogP contribution in [0.5, 0.6) is 0 Å². The van der Waals surface area contributed by atoms with Crippen LogP contribution < -0.4 is 21.3 Å². The Morgan fingerprint density at radius 3 is 2.18 bits per heavy atom. The molecule has 1 unspecified atom stereocenters. The quantitative estimate of drug-likeness (QED) is 0.209. The Balaban J connectivity index is 1.26. The third kappa shape index (κ3) is 8.45. The van der Waals surface area contributed by atoms with E-state index < -0.39 is 6.03 Å². The smallest absolute Gasteiger partial charge is 0.321 e. The maximum absolute atomic E-state index is 13.3. The molecule has 0 saturated carbocycles. The molecule has 1 saturated heterocycles. The number of nitrogens with one attached hydrogen (secondary N) is 5. The van der Waals surface area contributed by atoms with Crippen molar-refractivity contribution in [3.63, 3.8) is 0 Å². The summed E-state index contributed by atoms with van der Waals surface area (Å²) in [6.45, 7) is 1.93. The normalized spacial score (nSPS) is 15.3. The minimum absolute atomic E-state index is 0.0245. The summed E-state index contributed by atoms with van der Waals surface area (Å²) in [6.07, 6.45) is 2.62. The Hall–Kier alpha value is -4.17. The number of ether oxygens (including phenoxy) is 1. The fourth-order valence-corrected chi connectivity index (χ4v) is 4.46. The van der Waals surface area contributed by atoms with Crippen LogP contribution >= 0.6 is 0 Å². The monoisotopic (exact) mass is 513 g/mol. The Morgan fingerprint density at radius 1 is 0.842 bits per heavy atom. The zero-order chi connectivity index (χ0) is 26.6. The molecule has 3 aromatic carbocycles. The van der Waals surface area contributed by atoms with Crippen LogP contribution in [0.4, 0.5) is 4.79 Å². The van der Waals surface area contributed by atoms with E-state index in [0.29, 0.717) is 26.1 Å². The molecular formula is C30H35N5O3. The molecule has 38 heavy (non-hydrogen) atoms. The summed E-state index contributed by atoms with van der Waals surface area (Å²) in [5.41, 5.74) is 3.99. The molecule has 4 rings (SSSR count). The summed E-state index contributed by atoms with van der Waals surface area (Å²) in [6, 6.07) is 27.2. The van der Waals surface area contributed by atoms with E-state index in [1.807, 2.05) is 84.9 Å². The van der Waals surface area contributed by atoms with Gasteiger partial charge in [-0.1, -0.05) is 84.9 Å². The standard InChI is InChI=1S/C30H35N5O3/c31-29(35-30(37)34-21-26-15-8-16-38-26)33-20-24-12-7-11-23(17-24)19-32-28(36)27(25-13-5-2-6-14-25)18-22-9-3-1-4-10-22/h1-7,9-14,17,26-27H,8,15-16,18-21H2,(H,32,36)(H4,31,33,34,35,37)/t26-,27?/m1/s1. The van der Waals surface area contributed by atoms with Crippen molar-refractivity contribution in [2.45, 2.75) is 44.4 Å². The number of carbonyl (C=O) groups excluding carboxylic acids is 2. The van der Waals surface area contributed by atoms with Gasteiger partial charge in [0.15, 0.2) is 5.96 Å². The van der Waals surface area contributed by atoms with Crippen LogP contribution in [0.15, 0.2) is 84.9 Å². The first kappa shape index (κ1) is 26.9. The van der Waals surface area contributed by atoms with Gasteiger partial charge in [0, 0.05) is 26.2 Å². The summed E-state index contributed by atoms with van der Waals surface area (Å²) in [7, 11) is 0. The molecule has 1 fully saturated rings. The molecule has 3 amide bonds. The lowest BCUT2D eigenvalue weighted by Crippen LogP contribution is -2.46. The summed E-state index contributed by atoms with van der Waals surface area (Å²) < 4.78 is 5.48. The third-order valence-electron chi connectivity index (χ3n) is 6.48. The van der Waals surface area contributed by atoms with E-state index in [1.54, 1.807) is 0 Å². The summed E-state index contributed by atoms with van der Waals surface area (Å²) in [5.74, 6) is -0.398. The Morgan fingerprint density at radius 2 is 1.50 bits per heavy atom. The topological polar surface area (TPSA) is 115 Å². The van der Waals surface area contributed by atoms with E-state index in [-0.39, 0.29) is 23.9 Å². The van der Waals surface area contributed by atoms with Gasteiger partial charge in [-0.2, -0.15) is 0 Å². The molecule has 3 aromatic rings. The second-order valence-electron chi connectivity index (χ2n) is 9.39. The van der Waals surface area contributed by atoms with E-state index >= 15 is 0 Å². The molecule has 0 aliphatic carbocycles. The van der Waals surface area contributed by atoms with Gasteiger partial charge in [0.2, 0.25) is 5.91 Å². The van der Waals surface area contributed by atoms with Gasteiger partial charge in [-0.05, 0) is 41.5 Å². The van der Waals surface area contributed by atoms with Crippen molar-refractivity contribution in [1.82, 2.24) is 21.3 Å². The van der Waals surface area contributed by atoms with Crippen molar-refractivity contribution in [1.29, 1.82) is 5.41 Å². The lowest BCUT2D eigenvalue weighted by atomic mass is 9.91. The summed E-state index contributed by atoms with van der Waals surface area (Å²) in [5, 5.41) is 19.2. The fraction of sp³-hybridized carbons (Fsp3) is 0.300. The first-order chi connectivity index (χ1) is 18.6. The van der Waals surface area contributed by atoms with Gasteiger partial charge >= 0.3 is 6.03 Å². The SMILES string of the molecule is N=C(NCc1cccc(CNC(=O)C(Cc2ccccc2)c2ccccc2)c1)NC(=O)NC[C@H]1CCCO1. The number of amides is 3. The molecular weight excluding hydrogens is 478 g/mol. The maximum Gasteiger partial charge on any atom is 0.321 e. The molecule has 8 heteroatoms. The van der Waals surface area contributed by atoms with Crippen LogP contribution in [-0.4, -0.2) is 37.2 Å². The van der Waals surface area contributed by atoms with Gasteiger partial charge in [0.1, 0.15) is 0 Å².